The summed E-state index contributed by atoms with van der Waals surface area (Å²) in [5.74, 6) is 0.534. The number of benzene rings is 2. The number of carbonyl (C=O) groups is 1. The summed E-state index contributed by atoms with van der Waals surface area (Å²) >= 11 is 3.36. The predicted octanol–water partition coefficient (Wildman–Crippen LogP) is 3.67. The van der Waals surface area contributed by atoms with Crippen molar-refractivity contribution in [2.75, 3.05) is 17.7 Å². The number of carbonyl (C=O) groups excluding carboxylic acids is 1. The molecule has 0 bridgehead atoms. The van der Waals surface area contributed by atoms with E-state index in [1.54, 1.807) is 18.2 Å². The molecule has 2 aromatic carbocycles. The molecule has 4 nitrogen and oxygen atoms in total. The number of aryl methyl sites for hydroxylation is 2. The molecule has 2 rings (SSSR count). The van der Waals surface area contributed by atoms with Crippen molar-refractivity contribution in [2.45, 2.75) is 13.8 Å². The molecule has 0 saturated carbocycles. The third-order valence-electron chi connectivity index (χ3n) is 3.02. The predicted molar refractivity (Wildman–Crippen MR) is 88.6 cm³/mol. The van der Waals surface area contributed by atoms with E-state index in [1.807, 2.05) is 32.0 Å². The number of anilines is 2. The molecule has 0 aromatic heterocycles. The van der Waals surface area contributed by atoms with Gasteiger partial charge in [0.15, 0.2) is 6.61 Å². The molecular weight excluding hydrogens is 332 g/mol. The highest BCUT2D eigenvalue weighted by atomic mass is 79.9. The van der Waals surface area contributed by atoms with E-state index in [2.05, 4.69) is 21.2 Å². The number of nitrogen functional groups attached to an aromatic ring is 1. The van der Waals surface area contributed by atoms with Crippen LogP contribution in [0.3, 0.4) is 0 Å². The monoisotopic (exact) mass is 348 g/mol. The Morgan fingerprint density at radius 3 is 2.52 bits per heavy atom. The molecule has 2 aromatic rings. The van der Waals surface area contributed by atoms with Gasteiger partial charge in [0.05, 0.1) is 5.69 Å². The Morgan fingerprint density at radius 1 is 1.24 bits per heavy atom. The minimum Gasteiger partial charge on any atom is -0.483 e. The lowest BCUT2D eigenvalue weighted by molar-refractivity contribution is -0.118. The van der Waals surface area contributed by atoms with Gasteiger partial charge >= 0.3 is 0 Å². The quantitative estimate of drug-likeness (QED) is 0.828. The number of nitrogens with two attached hydrogens (primary N) is 1. The first kappa shape index (κ1) is 15.4. The lowest BCUT2D eigenvalue weighted by Gasteiger charge is -2.12. The number of rotatable bonds is 4. The molecule has 0 heterocycles. The molecule has 5 heteroatoms. The second kappa shape index (κ2) is 6.63. The molecule has 0 atom stereocenters. The van der Waals surface area contributed by atoms with E-state index in [-0.39, 0.29) is 12.5 Å². The van der Waals surface area contributed by atoms with Gasteiger partial charge in [0.1, 0.15) is 5.75 Å². The van der Waals surface area contributed by atoms with E-state index in [4.69, 9.17) is 10.5 Å². The van der Waals surface area contributed by atoms with Crippen LogP contribution < -0.4 is 15.8 Å². The molecule has 0 aliphatic rings. The van der Waals surface area contributed by atoms with Crippen molar-refractivity contribution >= 4 is 33.2 Å². The lowest BCUT2D eigenvalue weighted by Crippen LogP contribution is -2.21. The van der Waals surface area contributed by atoms with Gasteiger partial charge in [0, 0.05) is 10.2 Å². The van der Waals surface area contributed by atoms with Gasteiger partial charge in [0.25, 0.3) is 5.91 Å². The average Bonchev–Trinajstić information content (AvgIpc) is 2.41. The van der Waals surface area contributed by atoms with Crippen molar-refractivity contribution in [3.8, 4) is 5.75 Å². The van der Waals surface area contributed by atoms with E-state index in [9.17, 15) is 4.79 Å². The number of hydrogen-bond acceptors (Lipinski definition) is 3. The van der Waals surface area contributed by atoms with Gasteiger partial charge in [-0.15, -0.1) is 0 Å². The molecule has 0 aliphatic carbocycles. The largest absolute Gasteiger partial charge is 0.483 e. The van der Waals surface area contributed by atoms with Gasteiger partial charge in [-0.1, -0.05) is 18.2 Å². The molecule has 0 saturated heterocycles. The van der Waals surface area contributed by atoms with Gasteiger partial charge in [-0.25, -0.2) is 0 Å². The first-order valence-electron chi connectivity index (χ1n) is 6.51. The van der Waals surface area contributed by atoms with E-state index in [0.717, 1.165) is 21.3 Å². The maximum atomic E-state index is 12.0. The Balaban J connectivity index is 1.99. The zero-order valence-electron chi connectivity index (χ0n) is 11.9. The van der Waals surface area contributed by atoms with Gasteiger partial charge in [-0.3, -0.25) is 4.79 Å². The third-order valence-corrected chi connectivity index (χ3v) is 3.68. The van der Waals surface area contributed by atoms with Crippen molar-refractivity contribution in [3.63, 3.8) is 0 Å². The molecule has 0 radical (unpaired) electrons. The number of amides is 1. The van der Waals surface area contributed by atoms with Gasteiger partial charge in [0.2, 0.25) is 0 Å². The first-order valence-corrected chi connectivity index (χ1v) is 7.30. The zero-order valence-corrected chi connectivity index (χ0v) is 13.5. The molecule has 0 spiro atoms. The Kier molecular flexibility index (Phi) is 4.85. The van der Waals surface area contributed by atoms with Gasteiger partial charge in [-0.2, -0.15) is 0 Å². The lowest BCUT2D eigenvalue weighted by atomic mass is 10.1. The van der Waals surface area contributed by atoms with E-state index in [0.29, 0.717) is 11.4 Å². The number of nitrogens with one attached hydrogen (secondary N) is 1. The fraction of sp³-hybridized carbons (Fsp3) is 0.188. The summed E-state index contributed by atoms with van der Waals surface area (Å²) in [6.45, 7) is 3.87. The van der Waals surface area contributed by atoms with Gasteiger partial charge < -0.3 is 15.8 Å². The molecule has 21 heavy (non-hydrogen) atoms. The Labute approximate surface area is 132 Å². The molecule has 3 N–H and O–H groups in total. The summed E-state index contributed by atoms with van der Waals surface area (Å²) in [4.78, 5) is 12.0. The molecule has 0 unspecified atom stereocenters. The molecular formula is C16H17BrN2O2. The van der Waals surface area contributed by atoms with Crippen molar-refractivity contribution in [2.24, 2.45) is 0 Å². The summed E-state index contributed by atoms with van der Waals surface area (Å²) in [7, 11) is 0. The minimum atomic E-state index is -0.219. The topological polar surface area (TPSA) is 64.3 Å². The van der Waals surface area contributed by atoms with Crippen molar-refractivity contribution < 1.29 is 9.53 Å². The standard InChI is InChI=1S/C16H17BrN2O2/c1-10-4-3-5-11(2)16(10)21-9-15(20)19-14-7-6-12(18)8-13(14)17/h3-8H,9,18H2,1-2H3,(H,19,20). The summed E-state index contributed by atoms with van der Waals surface area (Å²) in [6, 6.07) is 11.1. The van der Waals surface area contributed by atoms with Crippen LogP contribution >= 0.6 is 15.9 Å². The van der Waals surface area contributed by atoms with Crippen LogP contribution in [0.2, 0.25) is 0 Å². The summed E-state index contributed by atoms with van der Waals surface area (Å²) in [5, 5.41) is 2.78. The smallest absolute Gasteiger partial charge is 0.262 e. The summed E-state index contributed by atoms with van der Waals surface area (Å²) < 4.78 is 6.35. The van der Waals surface area contributed by atoms with Crippen LogP contribution in [0.4, 0.5) is 11.4 Å². The van der Waals surface area contributed by atoms with Crippen molar-refractivity contribution in [1.29, 1.82) is 0 Å². The highest BCUT2D eigenvalue weighted by molar-refractivity contribution is 9.10. The molecule has 0 fully saturated rings. The maximum absolute atomic E-state index is 12.0. The maximum Gasteiger partial charge on any atom is 0.262 e. The van der Waals surface area contributed by atoms with Crippen LogP contribution in [0.5, 0.6) is 5.75 Å². The number of halogens is 1. The van der Waals surface area contributed by atoms with Crippen molar-refractivity contribution in [1.82, 2.24) is 0 Å². The second-order valence-electron chi connectivity index (χ2n) is 4.80. The highest BCUT2D eigenvalue weighted by Crippen LogP contribution is 2.25. The molecule has 110 valence electrons. The average molecular weight is 349 g/mol. The van der Waals surface area contributed by atoms with E-state index < -0.39 is 0 Å². The molecule has 1 amide bonds. The van der Waals surface area contributed by atoms with E-state index in [1.165, 1.54) is 0 Å². The number of hydrogen-bond donors (Lipinski definition) is 2. The van der Waals surface area contributed by atoms with Crippen LogP contribution in [0.1, 0.15) is 11.1 Å². The summed E-state index contributed by atoms with van der Waals surface area (Å²) in [6.07, 6.45) is 0. The van der Waals surface area contributed by atoms with Crippen LogP contribution in [-0.2, 0) is 4.79 Å². The van der Waals surface area contributed by atoms with Crippen LogP contribution in [-0.4, -0.2) is 12.5 Å². The first-order chi connectivity index (χ1) is 9.97. The normalized spacial score (nSPS) is 10.2. The molecule has 0 aliphatic heterocycles. The van der Waals surface area contributed by atoms with E-state index >= 15 is 0 Å². The second-order valence-corrected chi connectivity index (χ2v) is 5.65. The highest BCUT2D eigenvalue weighted by Gasteiger charge is 2.09. The van der Waals surface area contributed by atoms with Crippen LogP contribution in [0.15, 0.2) is 40.9 Å². The SMILES string of the molecule is Cc1cccc(C)c1OCC(=O)Nc1ccc(N)cc1Br. The van der Waals surface area contributed by atoms with Gasteiger partial charge in [-0.05, 0) is 59.1 Å². The third kappa shape index (κ3) is 3.98. The fourth-order valence-electron chi connectivity index (χ4n) is 1.98. The number of para-hydroxylation sites is 1. The Morgan fingerprint density at radius 2 is 1.90 bits per heavy atom. The minimum absolute atomic E-state index is 0.0392. The Bertz CT molecular complexity index is 651. The fourth-order valence-corrected chi connectivity index (χ4v) is 2.48. The van der Waals surface area contributed by atoms with Crippen LogP contribution in [0.25, 0.3) is 0 Å². The van der Waals surface area contributed by atoms with Crippen molar-refractivity contribution in [3.05, 3.63) is 52.0 Å². The summed E-state index contributed by atoms with van der Waals surface area (Å²) in [5.41, 5.74) is 8.98. The van der Waals surface area contributed by atoms with Crippen LogP contribution in [0, 0.1) is 13.8 Å². The Hall–Kier alpha value is -2.01. The zero-order chi connectivity index (χ0) is 15.4. The number of ether oxygens (including phenoxy) is 1.